The molecule has 0 radical (unpaired) electrons. The van der Waals surface area contributed by atoms with E-state index >= 15 is 0 Å². The molecule has 1 aromatic rings. The first-order valence-electron chi connectivity index (χ1n) is 5.83. The quantitative estimate of drug-likeness (QED) is 0.438. The third-order valence-corrected chi connectivity index (χ3v) is 3.03. The molecule has 0 fully saturated rings. The molecular weight excluding hydrogens is 327 g/mol. The molecule has 0 atom stereocenters. The Kier molecular flexibility index (Phi) is 6.40. The van der Waals surface area contributed by atoms with Gasteiger partial charge in [-0.1, -0.05) is 11.8 Å². The first-order chi connectivity index (χ1) is 10.2. The van der Waals surface area contributed by atoms with Gasteiger partial charge in [-0.15, -0.1) is 0 Å². The van der Waals surface area contributed by atoms with Crippen molar-refractivity contribution in [1.29, 1.82) is 0 Å². The van der Waals surface area contributed by atoms with E-state index in [9.17, 15) is 27.6 Å². The molecule has 0 aliphatic rings. The second-order valence-corrected chi connectivity index (χ2v) is 4.94. The molecule has 1 amide bonds. The third kappa shape index (κ3) is 7.11. The van der Waals surface area contributed by atoms with E-state index in [0.717, 1.165) is 17.8 Å². The van der Waals surface area contributed by atoms with Gasteiger partial charge in [-0.25, -0.2) is 4.98 Å². The molecular formula is C11H12F3N3O4S. The van der Waals surface area contributed by atoms with Gasteiger partial charge in [0.15, 0.2) is 5.16 Å². The van der Waals surface area contributed by atoms with Crippen molar-refractivity contribution < 1.29 is 27.5 Å². The average molecular weight is 339 g/mol. The van der Waals surface area contributed by atoms with Crippen molar-refractivity contribution in [1.82, 2.24) is 15.3 Å². The Hall–Kier alpha value is -2.04. The summed E-state index contributed by atoms with van der Waals surface area (Å²) in [5.74, 6) is -1.82. The number of ether oxygens (including phenoxy) is 1. The van der Waals surface area contributed by atoms with E-state index in [0.29, 0.717) is 0 Å². The van der Waals surface area contributed by atoms with Crippen molar-refractivity contribution in [3.8, 4) is 0 Å². The third-order valence-electron chi connectivity index (χ3n) is 2.15. The molecule has 122 valence electrons. The fourth-order valence-corrected chi connectivity index (χ4v) is 1.97. The molecule has 0 spiro atoms. The van der Waals surface area contributed by atoms with Crippen LogP contribution < -0.4 is 10.9 Å². The van der Waals surface area contributed by atoms with Crippen molar-refractivity contribution in [3.63, 3.8) is 0 Å². The van der Waals surface area contributed by atoms with Crippen molar-refractivity contribution in [2.75, 3.05) is 19.4 Å². The number of aromatic nitrogens is 2. The van der Waals surface area contributed by atoms with E-state index in [1.54, 1.807) is 5.32 Å². The van der Waals surface area contributed by atoms with Gasteiger partial charge in [0.1, 0.15) is 6.54 Å². The van der Waals surface area contributed by atoms with Gasteiger partial charge in [0.2, 0.25) is 5.91 Å². The van der Waals surface area contributed by atoms with Crippen LogP contribution in [0.5, 0.6) is 0 Å². The number of halogens is 3. The number of carbonyl (C=O) groups is 2. The highest BCUT2D eigenvalue weighted by atomic mass is 32.2. The summed E-state index contributed by atoms with van der Waals surface area (Å²) in [5, 5.41) is 1.71. The van der Waals surface area contributed by atoms with E-state index in [2.05, 4.69) is 14.7 Å². The second-order valence-electron chi connectivity index (χ2n) is 3.98. The number of nitrogens with one attached hydrogen (secondary N) is 2. The van der Waals surface area contributed by atoms with Crippen LogP contribution in [0.2, 0.25) is 0 Å². The summed E-state index contributed by atoms with van der Waals surface area (Å²) in [7, 11) is 1.18. The summed E-state index contributed by atoms with van der Waals surface area (Å²) in [6.45, 7) is -1.43. The number of aromatic amines is 1. The van der Waals surface area contributed by atoms with Gasteiger partial charge >= 0.3 is 12.1 Å². The number of esters is 1. The lowest BCUT2D eigenvalue weighted by Gasteiger charge is -2.08. The maximum absolute atomic E-state index is 11.9. The van der Waals surface area contributed by atoms with Gasteiger partial charge in [-0.05, 0) is 0 Å². The smallest absolute Gasteiger partial charge is 0.405 e. The zero-order valence-electron chi connectivity index (χ0n) is 11.3. The predicted octanol–water partition coefficient (Wildman–Crippen LogP) is 0.256. The van der Waals surface area contributed by atoms with Crippen LogP contribution in [-0.4, -0.2) is 47.4 Å². The minimum Gasteiger partial charge on any atom is -0.469 e. The van der Waals surface area contributed by atoms with Crippen LogP contribution in [0.3, 0.4) is 0 Å². The molecule has 0 unspecified atom stereocenters. The van der Waals surface area contributed by atoms with E-state index in [-0.39, 0.29) is 23.0 Å². The number of rotatable bonds is 6. The molecule has 0 aliphatic heterocycles. The Morgan fingerprint density at radius 2 is 2.14 bits per heavy atom. The molecule has 22 heavy (non-hydrogen) atoms. The standard InChI is InChI=1S/C11H12F3N3O4S/c1-21-9(20)3-6-2-7(18)17-10(16-6)22-4-8(19)15-5-11(12,13)14/h2H,3-5H2,1H3,(H,15,19)(H,16,17,18). The number of H-pyrrole nitrogens is 1. The van der Waals surface area contributed by atoms with Crippen LogP contribution in [0.4, 0.5) is 13.2 Å². The van der Waals surface area contributed by atoms with Crippen molar-refractivity contribution in [2.24, 2.45) is 0 Å². The maximum atomic E-state index is 11.9. The molecule has 11 heteroatoms. The number of nitrogens with zero attached hydrogens (tertiary/aromatic N) is 1. The summed E-state index contributed by atoms with van der Waals surface area (Å²) in [6.07, 6.45) is -4.72. The first-order valence-corrected chi connectivity index (χ1v) is 6.81. The van der Waals surface area contributed by atoms with Gasteiger partial charge in [0.05, 0.1) is 25.0 Å². The average Bonchev–Trinajstić information content (AvgIpc) is 2.41. The topological polar surface area (TPSA) is 101 Å². The number of hydrogen-bond acceptors (Lipinski definition) is 6. The number of hydrogen-bond donors (Lipinski definition) is 2. The maximum Gasteiger partial charge on any atom is 0.405 e. The number of alkyl halides is 3. The normalized spacial score (nSPS) is 11.1. The molecule has 0 bridgehead atoms. The summed E-state index contributed by atoms with van der Waals surface area (Å²) < 4.78 is 40.2. The van der Waals surface area contributed by atoms with Crippen LogP contribution in [0, 0.1) is 0 Å². The molecule has 7 nitrogen and oxygen atoms in total. The van der Waals surface area contributed by atoms with E-state index in [1.165, 1.54) is 7.11 Å². The lowest BCUT2D eigenvalue weighted by atomic mass is 10.3. The van der Waals surface area contributed by atoms with Gasteiger partial charge in [-0.3, -0.25) is 14.4 Å². The van der Waals surface area contributed by atoms with E-state index < -0.39 is 30.2 Å². The minimum absolute atomic E-state index is 0.0218. The largest absolute Gasteiger partial charge is 0.469 e. The fraction of sp³-hybridized carbons (Fsp3) is 0.455. The fourth-order valence-electron chi connectivity index (χ4n) is 1.25. The lowest BCUT2D eigenvalue weighted by Crippen LogP contribution is -2.34. The summed E-state index contributed by atoms with van der Waals surface area (Å²) >= 11 is 0.744. The van der Waals surface area contributed by atoms with Crippen molar-refractivity contribution in [3.05, 3.63) is 22.1 Å². The highest BCUT2D eigenvalue weighted by Crippen LogP contribution is 2.14. The minimum atomic E-state index is -4.49. The number of thioether (sulfide) groups is 1. The Morgan fingerprint density at radius 1 is 1.45 bits per heavy atom. The number of carbonyl (C=O) groups excluding carboxylic acids is 2. The molecule has 1 heterocycles. The molecule has 0 aliphatic carbocycles. The van der Waals surface area contributed by atoms with Crippen LogP contribution in [0.15, 0.2) is 16.0 Å². The zero-order chi connectivity index (χ0) is 16.8. The lowest BCUT2D eigenvalue weighted by molar-refractivity contribution is -0.139. The Bertz CT molecular complexity index is 603. The Balaban J connectivity index is 2.60. The SMILES string of the molecule is COC(=O)Cc1cc(=O)[nH]c(SCC(=O)NCC(F)(F)F)n1. The highest BCUT2D eigenvalue weighted by Gasteiger charge is 2.27. The van der Waals surface area contributed by atoms with Gasteiger partial charge in [-0.2, -0.15) is 13.2 Å². The van der Waals surface area contributed by atoms with E-state index in [1.807, 2.05) is 0 Å². The summed E-state index contributed by atoms with van der Waals surface area (Å²) in [5.41, 5.74) is -0.416. The number of amides is 1. The van der Waals surface area contributed by atoms with Crippen LogP contribution in [0.1, 0.15) is 5.69 Å². The summed E-state index contributed by atoms with van der Waals surface area (Å²) in [6, 6.07) is 1.09. The van der Waals surface area contributed by atoms with Crippen molar-refractivity contribution >= 4 is 23.6 Å². The Morgan fingerprint density at radius 3 is 2.73 bits per heavy atom. The molecule has 2 N–H and O–H groups in total. The molecule has 0 aromatic carbocycles. The van der Waals surface area contributed by atoms with Crippen LogP contribution in [-0.2, 0) is 20.7 Å². The van der Waals surface area contributed by atoms with Crippen LogP contribution >= 0.6 is 11.8 Å². The van der Waals surface area contributed by atoms with Gasteiger partial charge < -0.3 is 15.0 Å². The monoisotopic (exact) mass is 339 g/mol. The molecule has 1 rings (SSSR count). The number of methoxy groups -OCH3 is 1. The second kappa shape index (κ2) is 7.82. The Labute approximate surface area is 126 Å². The highest BCUT2D eigenvalue weighted by molar-refractivity contribution is 7.99. The van der Waals surface area contributed by atoms with Crippen molar-refractivity contribution in [2.45, 2.75) is 17.8 Å². The molecule has 1 aromatic heterocycles. The predicted molar refractivity (Wildman–Crippen MR) is 70.4 cm³/mol. The van der Waals surface area contributed by atoms with Crippen LogP contribution in [0.25, 0.3) is 0 Å². The molecule has 0 saturated carbocycles. The first kappa shape index (κ1) is 18.0. The summed E-state index contributed by atoms with van der Waals surface area (Å²) in [4.78, 5) is 39.9. The molecule has 0 saturated heterocycles. The van der Waals surface area contributed by atoms with E-state index in [4.69, 9.17) is 0 Å². The van der Waals surface area contributed by atoms with Gasteiger partial charge in [0, 0.05) is 6.07 Å². The van der Waals surface area contributed by atoms with Gasteiger partial charge in [0.25, 0.3) is 5.56 Å². The zero-order valence-corrected chi connectivity index (χ0v) is 12.1.